The first kappa shape index (κ1) is 17.2. The minimum Gasteiger partial charge on any atom is -0.481 e. The van der Waals surface area contributed by atoms with E-state index in [0.717, 1.165) is 0 Å². The minimum absolute atomic E-state index is 0.0757. The molecule has 0 aliphatic carbocycles. The average molecular weight is 235 g/mol. The molecular formula is C9H21N3O4. The molecule has 8 N–H and O–H groups in total. The van der Waals surface area contributed by atoms with Crippen molar-refractivity contribution in [1.29, 1.82) is 0 Å². The molecule has 0 bridgehead atoms. The van der Waals surface area contributed by atoms with Crippen LogP contribution in [0.25, 0.3) is 0 Å². The maximum Gasteiger partial charge on any atom is 0.320 e. The van der Waals surface area contributed by atoms with Gasteiger partial charge in [-0.3, -0.25) is 9.59 Å². The summed E-state index contributed by atoms with van der Waals surface area (Å²) in [4.78, 5) is 20.2. The molecule has 0 spiro atoms. The third kappa shape index (κ3) is 15.3. The van der Waals surface area contributed by atoms with Gasteiger partial charge in [0.2, 0.25) is 0 Å². The van der Waals surface area contributed by atoms with Gasteiger partial charge in [-0.15, -0.1) is 0 Å². The average Bonchev–Trinajstić information content (AvgIpc) is 2.24. The molecule has 1 unspecified atom stereocenters. The molecule has 1 atom stereocenters. The van der Waals surface area contributed by atoms with Crippen LogP contribution in [0.3, 0.4) is 0 Å². The summed E-state index contributed by atoms with van der Waals surface area (Å²) in [5.41, 5.74) is 15.0. The van der Waals surface area contributed by atoms with E-state index in [1.54, 1.807) is 0 Å². The first-order chi connectivity index (χ1) is 7.45. The molecule has 0 radical (unpaired) electrons. The molecule has 16 heavy (non-hydrogen) atoms. The first-order valence-corrected chi connectivity index (χ1v) is 5.06. The largest absolute Gasteiger partial charge is 0.481 e. The summed E-state index contributed by atoms with van der Waals surface area (Å²) in [5.74, 6) is -1.90. The van der Waals surface area contributed by atoms with Crippen LogP contribution in [0.4, 0.5) is 0 Å². The predicted molar refractivity (Wildman–Crippen MR) is 59.8 cm³/mol. The number of hydrogen-bond donors (Lipinski definition) is 5. The number of carboxylic acids is 2. The summed E-state index contributed by atoms with van der Waals surface area (Å²) < 4.78 is 0. The first-order valence-electron chi connectivity index (χ1n) is 5.06. The molecule has 0 aromatic carbocycles. The van der Waals surface area contributed by atoms with Gasteiger partial charge in [-0.2, -0.15) is 0 Å². The third-order valence-corrected chi connectivity index (χ3v) is 1.64. The summed E-state index contributed by atoms with van der Waals surface area (Å²) >= 11 is 0. The van der Waals surface area contributed by atoms with E-state index in [1.807, 2.05) is 0 Å². The molecule has 0 aliphatic rings. The summed E-state index contributed by atoms with van der Waals surface area (Å²) in [6.45, 7) is 1.19. The predicted octanol–water partition coefficient (Wildman–Crippen LogP) is -1.05. The van der Waals surface area contributed by atoms with Crippen molar-refractivity contribution in [2.75, 3.05) is 13.1 Å². The second-order valence-electron chi connectivity index (χ2n) is 3.16. The van der Waals surface area contributed by atoms with E-state index in [-0.39, 0.29) is 6.42 Å². The molecule has 0 rings (SSSR count). The van der Waals surface area contributed by atoms with Crippen LogP contribution in [-0.2, 0) is 9.59 Å². The molecule has 0 saturated heterocycles. The van der Waals surface area contributed by atoms with Crippen molar-refractivity contribution in [1.82, 2.24) is 0 Å². The van der Waals surface area contributed by atoms with Gasteiger partial charge in [-0.05, 0) is 12.8 Å². The van der Waals surface area contributed by atoms with E-state index >= 15 is 0 Å². The van der Waals surface area contributed by atoms with Crippen LogP contribution in [0.5, 0.6) is 0 Å². The second-order valence-corrected chi connectivity index (χ2v) is 3.16. The summed E-state index contributed by atoms with van der Waals surface area (Å²) in [6.07, 6.45) is 1.44. The molecule has 0 aromatic rings. The highest BCUT2D eigenvalue weighted by Gasteiger charge is 2.10. The normalized spacial score (nSPS) is 11.2. The maximum absolute atomic E-state index is 10.2. The fourth-order valence-corrected chi connectivity index (χ4v) is 0.764. The fourth-order valence-electron chi connectivity index (χ4n) is 0.764. The zero-order chi connectivity index (χ0) is 13.0. The number of carboxylic acid groups (broad SMARTS) is 2. The van der Waals surface area contributed by atoms with Gasteiger partial charge in [0.15, 0.2) is 0 Å². The van der Waals surface area contributed by atoms with Gasteiger partial charge in [0, 0.05) is 19.5 Å². The quantitative estimate of drug-likeness (QED) is 0.353. The Kier molecular flexibility index (Phi) is 12.8. The molecule has 0 aliphatic heterocycles. The standard InChI is InChI=1S/C7H13NO4.C2H8N2/c8-5(7(11)12)3-1-2-4-6(9)10;3-1-2-4/h5H,1-4,8H2,(H,9,10)(H,11,12);1-4H2. The Hall–Kier alpha value is -1.18. The highest BCUT2D eigenvalue weighted by atomic mass is 16.4. The number of carbonyl (C=O) groups is 2. The van der Waals surface area contributed by atoms with Crippen molar-refractivity contribution < 1.29 is 19.8 Å². The number of unbranched alkanes of at least 4 members (excludes halogenated alkanes) is 1. The second kappa shape index (κ2) is 11.9. The zero-order valence-corrected chi connectivity index (χ0v) is 9.26. The number of rotatable bonds is 7. The number of hydrogen-bond acceptors (Lipinski definition) is 5. The van der Waals surface area contributed by atoms with E-state index in [9.17, 15) is 9.59 Å². The van der Waals surface area contributed by atoms with Crippen LogP contribution in [0, 0.1) is 0 Å². The third-order valence-electron chi connectivity index (χ3n) is 1.64. The van der Waals surface area contributed by atoms with Crippen LogP contribution in [0.2, 0.25) is 0 Å². The van der Waals surface area contributed by atoms with Crippen LogP contribution >= 0.6 is 0 Å². The van der Waals surface area contributed by atoms with Crippen molar-refractivity contribution in [3.05, 3.63) is 0 Å². The van der Waals surface area contributed by atoms with Crippen molar-refractivity contribution in [2.24, 2.45) is 17.2 Å². The Morgan fingerprint density at radius 3 is 1.88 bits per heavy atom. The van der Waals surface area contributed by atoms with E-state index in [1.165, 1.54) is 0 Å². The van der Waals surface area contributed by atoms with Gasteiger partial charge in [0.25, 0.3) is 0 Å². The van der Waals surface area contributed by atoms with Crippen LogP contribution in [-0.4, -0.2) is 41.3 Å². The zero-order valence-electron chi connectivity index (χ0n) is 9.26. The Bertz CT molecular complexity index is 197. The molecule has 7 heteroatoms. The van der Waals surface area contributed by atoms with E-state index in [0.29, 0.717) is 32.4 Å². The molecule has 0 fully saturated rings. The minimum atomic E-state index is -1.04. The highest BCUT2D eigenvalue weighted by molar-refractivity contribution is 5.73. The number of aliphatic carboxylic acids is 2. The van der Waals surface area contributed by atoms with Gasteiger partial charge in [-0.25, -0.2) is 0 Å². The molecule has 0 saturated carbocycles. The summed E-state index contributed by atoms with van der Waals surface area (Å²) in [5, 5.41) is 16.6. The lowest BCUT2D eigenvalue weighted by Gasteiger charge is -2.03. The topological polar surface area (TPSA) is 153 Å². The van der Waals surface area contributed by atoms with Gasteiger partial charge in [0.05, 0.1) is 0 Å². The molecular weight excluding hydrogens is 214 g/mol. The summed E-state index contributed by atoms with van der Waals surface area (Å²) in [6, 6.07) is -0.862. The highest BCUT2D eigenvalue weighted by Crippen LogP contribution is 2.02. The fraction of sp³-hybridized carbons (Fsp3) is 0.778. The van der Waals surface area contributed by atoms with Gasteiger partial charge < -0.3 is 27.4 Å². The molecule has 7 nitrogen and oxygen atoms in total. The molecule has 0 amide bonds. The maximum atomic E-state index is 10.2. The van der Waals surface area contributed by atoms with E-state index in [4.69, 9.17) is 27.4 Å². The summed E-state index contributed by atoms with van der Waals surface area (Å²) in [7, 11) is 0. The lowest BCUT2D eigenvalue weighted by atomic mass is 10.1. The van der Waals surface area contributed by atoms with Gasteiger partial charge >= 0.3 is 11.9 Å². The molecule has 96 valence electrons. The van der Waals surface area contributed by atoms with Crippen LogP contribution in [0.1, 0.15) is 25.7 Å². The SMILES string of the molecule is NC(CCCCC(=O)O)C(=O)O.NCCN. The Morgan fingerprint density at radius 1 is 1.06 bits per heavy atom. The lowest BCUT2D eigenvalue weighted by molar-refractivity contribution is -0.138. The monoisotopic (exact) mass is 235 g/mol. The van der Waals surface area contributed by atoms with Gasteiger partial charge in [0.1, 0.15) is 6.04 Å². The Morgan fingerprint density at radius 2 is 1.56 bits per heavy atom. The number of nitrogens with two attached hydrogens (primary N) is 3. The van der Waals surface area contributed by atoms with Gasteiger partial charge in [-0.1, -0.05) is 6.42 Å². The van der Waals surface area contributed by atoms with Crippen molar-refractivity contribution in [3.8, 4) is 0 Å². The van der Waals surface area contributed by atoms with Crippen LogP contribution < -0.4 is 17.2 Å². The Balaban J connectivity index is 0. The van der Waals surface area contributed by atoms with E-state index in [2.05, 4.69) is 0 Å². The lowest BCUT2D eigenvalue weighted by Crippen LogP contribution is -2.29. The smallest absolute Gasteiger partial charge is 0.320 e. The van der Waals surface area contributed by atoms with E-state index < -0.39 is 18.0 Å². The van der Waals surface area contributed by atoms with Crippen molar-refractivity contribution in [2.45, 2.75) is 31.7 Å². The van der Waals surface area contributed by atoms with Crippen LogP contribution in [0.15, 0.2) is 0 Å². The Labute approximate surface area is 94.6 Å². The molecule has 0 heterocycles. The van der Waals surface area contributed by atoms with Crippen molar-refractivity contribution in [3.63, 3.8) is 0 Å². The molecule has 0 aromatic heterocycles. The van der Waals surface area contributed by atoms with Crippen molar-refractivity contribution >= 4 is 11.9 Å².